The van der Waals surface area contributed by atoms with Gasteiger partial charge in [-0.25, -0.2) is 9.97 Å². The number of hydrogen-bond acceptors (Lipinski definition) is 6. The van der Waals surface area contributed by atoms with Gasteiger partial charge in [-0.2, -0.15) is 0 Å². The van der Waals surface area contributed by atoms with Crippen molar-refractivity contribution in [1.29, 1.82) is 0 Å². The van der Waals surface area contributed by atoms with Gasteiger partial charge in [0.05, 0.1) is 6.42 Å². The Morgan fingerprint density at radius 1 is 0.972 bits per heavy atom. The number of hydrogen-bond donors (Lipinski definition) is 2. The minimum absolute atomic E-state index is 0.0723. The molecule has 0 bridgehead atoms. The molecule has 0 spiro atoms. The molecule has 0 atom stereocenters. The van der Waals surface area contributed by atoms with Gasteiger partial charge in [0.25, 0.3) is 0 Å². The molecule has 1 aromatic heterocycles. The van der Waals surface area contributed by atoms with Crippen molar-refractivity contribution in [2.75, 3.05) is 49.5 Å². The van der Waals surface area contributed by atoms with Gasteiger partial charge in [0.2, 0.25) is 11.8 Å². The SMILES string of the molecule is CC(=O)NCCNc1cc(N2CCN(C(=O)Cc3ccccc3C)CC2)nc(-c2ccc(Cl)cc2)n1. The number of carbonyl (C=O) groups excluding carboxylic acids is 2. The van der Waals surface area contributed by atoms with E-state index in [1.807, 2.05) is 66.4 Å². The average Bonchev–Trinajstić information content (AvgIpc) is 2.88. The molecule has 3 aromatic rings. The molecule has 0 radical (unpaired) electrons. The summed E-state index contributed by atoms with van der Waals surface area (Å²) < 4.78 is 0. The molecular formula is C27H31ClN6O2. The van der Waals surface area contributed by atoms with E-state index in [-0.39, 0.29) is 11.8 Å². The number of nitrogens with zero attached hydrogens (tertiary/aromatic N) is 4. The van der Waals surface area contributed by atoms with Crippen molar-refractivity contribution < 1.29 is 9.59 Å². The molecule has 9 heteroatoms. The molecular weight excluding hydrogens is 476 g/mol. The summed E-state index contributed by atoms with van der Waals surface area (Å²) in [4.78, 5) is 37.7. The first-order valence-corrected chi connectivity index (χ1v) is 12.5. The van der Waals surface area contributed by atoms with E-state index in [4.69, 9.17) is 16.6 Å². The lowest BCUT2D eigenvalue weighted by Crippen LogP contribution is -2.49. The average molecular weight is 507 g/mol. The van der Waals surface area contributed by atoms with Crippen molar-refractivity contribution in [3.8, 4) is 11.4 Å². The highest BCUT2D eigenvalue weighted by Gasteiger charge is 2.23. The molecule has 36 heavy (non-hydrogen) atoms. The second-order valence-electron chi connectivity index (χ2n) is 8.82. The summed E-state index contributed by atoms with van der Waals surface area (Å²) in [6.07, 6.45) is 0.420. The monoisotopic (exact) mass is 506 g/mol. The maximum atomic E-state index is 12.9. The Bertz CT molecular complexity index is 1210. The summed E-state index contributed by atoms with van der Waals surface area (Å²) in [5, 5.41) is 6.70. The summed E-state index contributed by atoms with van der Waals surface area (Å²) in [7, 11) is 0. The highest BCUT2D eigenvalue weighted by molar-refractivity contribution is 6.30. The lowest BCUT2D eigenvalue weighted by Gasteiger charge is -2.35. The Morgan fingerprint density at radius 3 is 2.39 bits per heavy atom. The largest absolute Gasteiger partial charge is 0.368 e. The molecule has 2 amide bonds. The van der Waals surface area contributed by atoms with Gasteiger partial charge in [-0.15, -0.1) is 0 Å². The summed E-state index contributed by atoms with van der Waals surface area (Å²) in [5.74, 6) is 2.13. The molecule has 1 aliphatic heterocycles. The zero-order valence-corrected chi connectivity index (χ0v) is 21.4. The molecule has 8 nitrogen and oxygen atoms in total. The number of nitrogens with one attached hydrogen (secondary N) is 2. The number of benzene rings is 2. The highest BCUT2D eigenvalue weighted by Crippen LogP contribution is 2.25. The quantitative estimate of drug-likeness (QED) is 0.454. The van der Waals surface area contributed by atoms with Crippen LogP contribution in [0.25, 0.3) is 11.4 Å². The molecule has 2 heterocycles. The number of aromatic nitrogens is 2. The lowest BCUT2D eigenvalue weighted by atomic mass is 10.1. The summed E-state index contributed by atoms with van der Waals surface area (Å²) >= 11 is 6.06. The predicted octanol–water partition coefficient (Wildman–Crippen LogP) is 3.54. The molecule has 188 valence electrons. The maximum Gasteiger partial charge on any atom is 0.227 e. The highest BCUT2D eigenvalue weighted by atomic mass is 35.5. The van der Waals surface area contributed by atoms with Gasteiger partial charge >= 0.3 is 0 Å². The van der Waals surface area contributed by atoms with Gasteiger partial charge in [-0.05, 0) is 42.3 Å². The van der Waals surface area contributed by atoms with E-state index in [1.54, 1.807) is 0 Å². The van der Waals surface area contributed by atoms with Crippen LogP contribution in [-0.2, 0) is 16.0 Å². The second kappa shape index (κ2) is 11.9. The molecule has 4 rings (SSSR count). The zero-order chi connectivity index (χ0) is 25.5. The smallest absolute Gasteiger partial charge is 0.227 e. The predicted molar refractivity (Wildman–Crippen MR) is 143 cm³/mol. The third-order valence-corrected chi connectivity index (χ3v) is 6.43. The van der Waals surface area contributed by atoms with E-state index in [0.29, 0.717) is 62.4 Å². The van der Waals surface area contributed by atoms with Crippen LogP contribution in [0.5, 0.6) is 0 Å². The third-order valence-electron chi connectivity index (χ3n) is 6.18. The maximum absolute atomic E-state index is 12.9. The molecule has 2 N–H and O–H groups in total. The van der Waals surface area contributed by atoms with Crippen LogP contribution in [0.4, 0.5) is 11.6 Å². The van der Waals surface area contributed by atoms with Crippen LogP contribution < -0.4 is 15.5 Å². The Morgan fingerprint density at radius 2 is 1.69 bits per heavy atom. The fourth-order valence-electron chi connectivity index (χ4n) is 4.11. The molecule has 0 unspecified atom stereocenters. The number of carbonyl (C=O) groups is 2. The van der Waals surface area contributed by atoms with Crippen molar-refractivity contribution in [3.05, 3.63) is 70.7 Å². The summed E-state index contributed by atoms with van der Waals surface area (Å²) in [5.41, 5.74) is 3.07. The van der Waals surface area contributed by atoms with Gasteiger partial charge in [-0.1, -0.05) is 35.9 Å². The van der Waals surface area contributed by atoms with Crippen molar-refractivity contribution in [2.45, 2.75) is 20.3 Å². The molecule has 2 aromatic carbocycles. The Hall–Kier alpha value is -3.65. The van der Waals surface area contributed by atoms with Crippen molar-refractivity contribution >= 4 is 35.1 Å². The van der Waals surface area contributed by atoms with Crippen LogP contribution in [0.3, 0.4) is 0 Å². The Balaban J connectivity index is 1.46. The van der Waals surface area contributed by atoms with Gasteiger partial charge in [0, 0.05) is 62.8 Å². The van der Waals surface area contributed by atoms with Crippen LogP contribution in [0.15, 0.2) is 54.6 Å². The third kappa shape index (κ3) is 6.73. The first-order chi connectivity index (χ1) is 17.4. The summed E-state index contributed by atoms with van der Waals surface area (Å²) in [6.45, 7) is 7.20. The molecule has 1 aliphatic rings. The molecule has 1 fully saturated rings. The standard InChI is InChI=1S/C27H31ClN6O2/c1-19-5-3-4-6-22(19)17-26(36)34-15-13-33(14-16-34)25-18-24(30-12-11-29-20(2)35)31-27(32-25)21-7-9-23(28)10-8-21/h3-10,18H,11-17H2,1-2H3,(H,29,35)(H,30,31,32). The van der Waals surface area contributed by atoms with E-state index < -0.39 is 0 Å². The first-order valence-electron chi connectivity index (χ1n) is 12.1. The number of halogens is 1. The normalized spacial score (nSPS) is 13.4. The van der Waals surface area contributed by atoms with Crippen LogP contribution in [0, 0.1) is 6.92 Å². The van der Waals surface area contributed by atoms with Gasteiger partial charge in [-0.3, -0.25) is 9.59 Å². The van der Waals surface area contributed by atoms with Crippen LogP contribution in [0.1, 0.15) is 18.1 Å². The van der Waals surface area contributed by atoms with E-state index in [0.717, 1.165) is 22.5 Å². The number of rotatable bonds is 8. The van der Waals surface area contributed by atoms with Crippen molar-refractivity contribution in [2.24, 2.45) is 0 Å². The molecule has 1 saturated heterocycles. The Kier molecular flexibility index (Phi) is 8.38. The number of piperazine rings is 1. The fraction of sp³-hybridized carbons (Fsp3) is 0.333. The van der Waals surface area contributed by atoms with Crippen LogP contribution >= 0.6 is 11.6 Å². The van der Waals surface area contributed by atoms with E-state index in [2.05, 4.69) is 20.5 Å². The van der Waals surface area contributed by atoms with Crippen molar-refractivity contribution in [1.82, 2.24) is 20.2 Å². The molecule has 0 aliphatic carbocycles. The molecule has 0 saturated carbocycles. The topological polar surface area (TPSA) is 90.5 Å². The Labute approximate surface area is 216 Å². The lowest BCUT2D eigenvalue weighted by molar-refractivity contribution is -0.130. The fourth-order valence-corrected chi connectivity index (χ4v) is 4.24. The summed E-state index contributed by atoms with van der Waals surface area (Å²) in [6, 6.07) is 17.4. The second-order valence-corrected chi connectivity index (χ2v) is 9.26. The minimum atomic E-state index is -0.0723. The number of aryl methyl sites for hydroxylation is 1. The first kappa shape index (κ1) is 25.4. The number of amides is 2. The van der Waals surface area contributed by atoms with Crippen LogP contribution in [-0.4, -0.2) is 66.0 Å². The van der Waals surface area contributed by atoms with Gasteiger partial charge in [0.15, 0.2) is 5.82 Å². The van der Waals surface area contributed by atoms with E-state index in [9.17, 15) is 9.59 Å². The van der Waals surface area contributed by atoms with Gasteiger partial charge in [0.1, 0.15) is 11.6 Å². The van der Waals surface area contributed by atoms with E-state index >= 15 is 0 Å². The number of anilines is 2. The van der Waals surface area contributed by atoms with Crippen molar-refractivity contribution in [3.63, 3.8) is 0 Å². The van der Waals surface area contributed by atoms with E-state index in [1.165, 1.54) is 6.92 Å². The van der Waals surface area contributed by atoms with Crippen LogP contribution in [0.2, 0.25) is 5.02 Å². The van der Waals surface area contributed by atoms with Gasteiger partial charge < -0.3 is 20.4 Å². The minimum Gasteiger partial charge on any atom is -0.368 e. The zero-order valence-electron chi connectivity index (χ0n) is 20.6.